The summed E-state index contributed by atoms with van der Waals surface area (Å²) in [6.07, 6.45) is 13.1. The highest BCUT2D eigenvalue weighted by molar-refractivity contribution is 5.03. The quantitative estimate of drug-likeness (QED) is 0.450. The first-order chi connectivity index (χ1) is 6.33. The lowest BCUT2D eigenvalue weighted by molar-refractivity contribution is -0.872. The van der Waals surface area contributed by atoms with Crippen LogP contribution in [-0.2, 0) is 0 Å². The third kappa shape index (κ3) is 3.00. The standard InChI is InChI=1S/C12H22N/c1-3-5-7-10-13(4-2)11-8-6-9-12-13/h6,8-9,11H,3-5,7,10,12H2,1-2H3/q+1. The minimum absolute atomic E-state index is 1.16. The summed E-state index contributed by atoms with van der Waals surface area (Å²) in [6.45, 7) is 8.28. The number of rotatable bonds is 5. The van der Waals surface area contributed by atoms with Crippen molar-refractivity contribution in [2.24, 2.45) is 0 Å². The van der Waals surface area contributed by atoms with Gasteiger partial charge in [-0.25, -0.2) is 0 Å². The summed E-state index contributed by atoms with van der Waals surface area (Å²) >= 11 is 0. The number of hydrogen-bond donors (Lipinski definition) is 0. The van der Waals surface area contributed by atoms with E-state index >= 15 is 0 Å². The van der Waals surface area contributed by atoms with Gasteiger partial charge >= 0.3 is 0 Å². The molecule has 1 atom stereocenters. The monoisotopic (exact) mass is 180 g/mol. The van der Waals surface area contributed by atoms with Crippen LogP contribution >= 0.6 is 0 Å². The molecule has 0 spiro atoms. The predicted molar refractivity (Wildman–Crippen MR) is 58.3 cm³/mol. The van der Waals surface area contributed by atoms with Crippen LogP contribution in [0, 0.1) is 0 Å². The highest BCUT2D eigenvalue weighted by Crippen LogP contribution is 2.14. The van der Waals surface area contributed by atoms with Crippen LogP contribution in [0.5, 0.6) is 0 Å². The van der Waals surface area contributed by atoms with Crippen LogP contribution in [0.2, 0.25) is 0 Å². The van der Waals surface area contributed by atoms with Crippen molar-refractivity contribution in [3.05, 3.63) is 24.4 Å². The molecule has 1 rings (SSSR count). The molecule has 0 radical (unpaired) electrons. The van der Waals surface area contributed by atoms with Gasteiger partial charge in [0.25, 0.3) is 0 Å². The zero-order valence-electron chi connectivity index (χ0n) is 9.00. The van der Waals surface area contributed by atoms with E-state index in [1.807, 2.05) is 0 Å². The molecule has 0 N–H and O–H groups in total. The van der Waals surface area contributed by atoms with Gasteiger partial charge in [0.2, 0.25) is 0 Å². The number of quaternary nitrogens is 1. The summed E-state index contributed by atoms with van der Waals surface area (Å²) in [4.78, 5) is 0. The molecule has 1 heterocycles. The molecule has 0 bridgehead atoms. The van der Waals surface area contributed by atoms with Crippen molar-refractivity contribution in [2.45, 2.75) is 33.1 Å². The molecule has 0 aromatic heterocycles. The third-order valence-corrected chi connectivity index (χ3v) is 2.96. The maximum Gasteiger partial charge on any atom is 0.102 e. The molecule has 0 amide bonds. The van der Waals surface area contributed by atoms with E-state index in [2.05, 4.69) is 38.3 Å². The fourth-order valence-corrected chi connectivity index (χ4v) is 1.88. The Hall–Kier alpha value is -0.560. The van der Waals surface area contributed by atoms with E-state index in [1.165, 1.54) is 38.9 Å². The molecule has 74 valence electrons. The topological polar surface area (TPSA) is 0 Å². The van der Waals surface area contributed by atoms with Gasteiger partial charge in [0.05, 0.1) is 19.3 Å². The predicted octanol–water partition coefficient (Wildman–Crippen LogP) is 3.10. The lowest BCUT2D eigenvalue weighted by Crippen LogP contribution is -2.44. The first-order valence-electron chi connectivity index (χ1n) is 5.53. The Morgan fingerprint density at radius 1 is 1.15 bits per heavy atom. The number of nitrogens with zero attached hydrogens (tertiary/aromatic N) is 1. The summed E-state index contributed by atoms with van der Waals surface area (Å²) in [5.41, 5.74) is 0. The van der Waals surface area contributed by atoms with Crippen molar-refractivity contribution in [1.82, 2.24) is 0 Å². The highest BCUT2D eigenvalue weighted by atomic mass is 15.3. The van der Waals surface area contributed by atoms with Gasteiger partial charge in [0.1, 0.15) is 6.54 Å². The smallest absolute Gasteiger partial charge is 0.102 e. The maximum absolute atomic E-state index is 2.36. The van der Waals surface area contributed by atoms with Crippen molar-refractivity contribution in [3.8, 4) is 0 Å². The average molecular weight is 180 g/mol. The van der Waals surface area contributed by atoms with Crippen molar-refractivity contribution in [3.63, 3.8) is 0 Å². The Morgan fingerprint density at radius 3 is 2.54 bits per heavy atom. The molecule has 1 nitrogen and oxygen atoms in total. The van der Waals surface area contributed by atoms with E-state index in [0.29, 0.717) is 0 Å². The average Bonchev–Trinajstić information content (AvgIpc) is 2.20. The third-order valence-electron chi connectivity index (χ3n) is 2.96. The largest absolute Gasteiger partial charge is 0.294 e. The molecule has 0 aromatic rings. The minimum Gasteiger partial charge on any atom is -0.294 e. The number of hydrogen-bond acceptors (Lipinski definition) is 0. The molecular weight excluding hydrogens is 158 g/mol. The van der Waals surface area contributed by atoms with Crippen LogP contribution in [0.3, 0.4) is 0 Å². The summed E-state index contributed by atoms with van der Waals surface area (Å²) < 4.78 is 1.16. The van der Waals surface area contributed by atoms with E-state index in [4.69, 9.17) is 0 Å². The molecule has 0 aliphatic carbocycles. The van der Waals surface area contributed by atoms with Gasteiger partial charge in [-0.2, -0.15) is 0 Å². The lowest BCUT2D eigenvalue weighted by atomic mass is 10.2. The molecular formula is C12H22N+. The van der Waals surface area contributed by atoms with Gasteiger partial charge in [-0.15, -0.1) is 0 Å². The lowest BCUT2D eigenvalue weighted by Gasteiger charge is -2.34. The molecule has 1 heteroatoms. The number of likely N-dealkylation sites (N-methyl/N-ethyl adjacent to an activating group) is 1. The van der Waals surface area contributed by atoms with Crippen LogP contribution in [0.15, 0.2) is 24.4 Å². The summed E-state index contributed by atoms with van der Waals surface area (Å²) in [6, 6.07) is 0. The second kappa shape index (κ2) is 5.23. The molecule has 1 aliphatic rings. The molecule has 0 aromatic carbocycles. The van der Waals surface area contributed by atoms with Gasteiger partial charge in [0.15, 0.2) is 0 Å². The normalized spacial score (nSPS) is 26.6. The first-order valence-corrected chi connectivity index (χ1v) is 5.53. The van der Waals surface area contributed by atoms with Crippen LogP contribution in [0.25, 0.3) is 0 Å². The number of unbranched alkanes of at least 4 members (excludes halogenated alkanes) is 2. The maximum atomic E-state index is 2.36. The fraction of sp³-hybridized carbons (Fsp3) is 0.667. The molecule has 1 unspecified atom stereocenters. The molecule has 0 fully saturated rings. The minimum atomic E-state index is 1.16. The van der Waals surface area contributed by atoms with E-state index in [-0.39, 0.29) is 0 Å². The van der Waals surface area contributed by atoms with E-state index in [0.717, 1.165) is 4.48 Å². The van der Waals surface area contributed by atoms with E-state index < -0.39 is 0 Å². The highest BCUT2D eigenvalue weighted by Gasteiger charge is 2.21. The second-order valence-electron chi connectivity index (χ2n) is 3.92. The van der Waals surface area contributed by atoms with Gasteiger partial charge in [-0.05, 0) is 31.9 Å². The Kier molecular flexibility index (Phi) is 4.23. The SMILES string of the molecule is CCCCC[N+]1(CC)C=CC=CC1. The van der Waals surface area contributed by atoms with Crippen molar-refractivity contribution >= 4 is 0 Å². The Bertz CT molecular complexity index is 193. The molecule has 0 saturated heterocycles. The van der Waals surface area contributed by atoms with Gasteiger partial charge in [-0.1, -0.05) is 19.4 Å². The van der Waals surface area contributed by atoms with Gasteiger partial charge in [0, 0.05) is 0 Å². The van der Waals surface area contributed by atoms with Gasteiger partial charge in [-0.3, -0.25) is 4.48 Å². The molecule has 13 heavy (non-hydrogen) atoms. The van der Waals surface area contributed by atoms with E-state index in [9.17, 15) is 0 Å². The Labute approximate surface area is 82.3 Å². The summed E-state index contributed by atoms with van der Waals surface area (Å²) in [5.74, 6) is 0. The van der Waals surface area contributed by atoms with Crippen LogP contribution < -0.4 is 0 Å². The van der Waals surface area contributed by atoms with Crippen molar-refractivity contribution in [1.29, 1.82) is 0 Å². The zero-order chi connectivity index (χ0) is 9.57. The first kappa shape index (κ1) is 10.5. The van der Waals surface area contributed by atoms with Crippen molar-refractivity contribution < 1.29 is 4.48 Å². The summed E-state index contributed by atoms with van der Waals surface area (Å²) in [7, 11) is 0. The van der Waals surface area contributed by atoms with Crippen LogP contribution in [-0.4, -0.2) is 24.1 Å². The Balaban J connectivity index is 2.40. The zero-order valence-corrected chi connectivity index (χ0v) is 9.00. The summed E-state index contributed by atoms with van der Waals surface area (Å²) in [5, 5.41) is 0. The van der Waals surface area contributed by atoms with Crippen molar-refractivity contribution in [2.75, 3.05) is 19.6 Å². The fourth-order valence-electron chi connectivity index (χ4n) is 1.88. The number of allylic oxidation sites excluding steroid dienone is 2. The van der Waals surface area contributed by atoms with E-state index in [1.54, 1.807) is 0 Å². The molecule has 1 aliphatic heterocycles. The second-order valence-corrected chi connectivity index (χ2v) is 3.92. The van der Waals surface area contributed by atoms with Crippen LogP contribution in [0.4, 0.5) is 0 Å². The van der Waals surface area contributed by atoms with Gasteiger partial charge < -0.3 is 0 Å². The van der Waals surface area contributed by atoms with Crippen LogP contribution in [0.1, 0.15) is 33.1 Å². The molecule has 0 saturated carbocycles. The Morgan fingerprint density at radius 2 is 2.00 bits per heavy atom.